The van der Waals surface area contributed by atoms with Gasteiger partial charge in [0.1, 0.15) is 5.75 Å². The Bertz CT molecular complexity index is 313. The van der Waals surface area contributed by atoms with Gasteiger partial charge in [-0.15, -0.1) is 0 Å². The van der Waals surface area contributed by atoms with E-state index >= 15 is 0 Å². The highest BCUT2D eigenvalue weighted by Crippen LogP contribution is 2.13. The van der Waals surface area contributed by atoms with Gasteiger partial charge in [0.05, 0.1) is 13.2 Å². The Balaban J connectivity index is 2.15. The summed E-state index contributed by atoms with van der Waals surface area (Å²) in [6.07, 6.45) is -0.112. The molecule has 0 heterocycles. The second-order valence-corrected chi connectivity index (χ2v) is 4.07. The minimum Gasteiger partial charge on any atom is -0.493 e. The fraction of sp³-hybridized carbons (Fsp3) is 0.300. The van der Waals surface area contributed by atoms with Gasteiger partial charge in [-0.3, -0.25) is 0 Å². The number of hydrogen-bond acceptors (Lipinski definition) is 3. The average molecular weight is 321 g/mol. The maximum atomic E-state index is 10.2. The van der Waals surface area contributed by atoms with Crippen LogP contribution in [0.15, 0.2) is 24.3 Å². The van der Waals surface area contributed by atoms with E-state index in [1.54, 1.807) is 0 Å². The van der Waals surface area contributed by atoms with Gasteiger partial charge >= 0.3 is 6.09 Å². The van der Waals surface area contributed by atoms with Crippen molar-refractivity contribution in [2.75, 3.05) is 13.2 Å². The third-order valence-electron chi connectivity index (χ3n) is 1.62. The van der Waals surface area contributed by atoms with Crippen molar-refractivity contribution in [3.8, 4) is 5.75 Å². The lowest BCUT2D eigenvalue weighted by molar-refractivity contribution is 0.147. The van der Waals surface area contributed by atoms with E-state index < -0.39 is 6.09 Å². The standard InChI is InChI=1S/C10H12INO3/c11-8-2-4-9(5-3-8)14-6-1-7-15-10(12)13/h2-5H,1,6-7H2,(H2,12,13). The van der Waals surface area contributed by atoms with E-state index in [1.165, 1.54) is 0 Å². The number of ether oxygens (including phenoxy) is 2. The maximum Gasteiger partial charge on any atom is 0.404 e. The number of carbonyl (C=O) groups is 1. The van der Waals surface area contributed by atoms with Gasteiger partial charge in [0.25, 0.3) is 0 Å². The molecule has 0 saturated carbocycles. The molecule has 1 amide bonds. The first kappa shape index (κ1) is 12.1. The number of halogens is 1. The molecule has 0 fully saturated rings. The van der Waals surface area contributed by atoms with Gasteiger partial charge in [-0.1, -0.05) is 0 Å². The van der Waals surface area contributed by atoms with Gasteiger partial charge in [0, 0.05) is 9.99 Å². The molecule has 0 aliphatic rings. The SMILES string of the molecule is NC(=O)OCCCOc1ccc(I)cc1. The molecule has 0 bridgehead atoms. The maximum absolute atomic E-state index is 10.2. The van der Waals surface area contributed by atoms with Gasteiger partial charge < -0.3 is 15.2 Å². The number of rotatable bonds is 5. The Morgan fingerprint density at radius 3 is 2.53 bits per heavy atom. The zero-order valence-corrected chi connectivity index (χ0v) is 10.3. The molecular formula is C10H12INO3. The van der Waals surface area contributed by atoms with E-state index in [0.717, 1.165) is 9.32 Å². The molecule has 4 nitrogen and oxygen atoms in total. The van der Waals surface area contributed by atoms with E-state index in [9.17, 15) is 4.79 Å². The lowest BCUT2D eigenvalue weighted by atomic mass is 10.3. The number of benzene rings is 1. The van der Waals surface area contributed by atoms with Crippen LogP contribution in [0.3, 0.4) is 0 Å². The lowest BCUT2D eigenvalue weighted by Gasteiger charge is -2.05. The first-order chi connectivity index (χ1) is 7.18. The molecule has 15 heavy (non-hydrogen) atoms. The minimum atomic E-state index is -0.746. The van der Waals surface area contributed by atoms with Crippen molar-refractivity contribution in [3.63, 3.8) is 0 Å². The quantitative estimate of drug-likeness (QED) is 0.668. The normalized spacial score (nSPS) is 9.67. The average Bonchev–Trinajstić information content (AvgIpc) is 2.20. The van der Waals surface area contributed by atoms with Crippen LogP contribution in [-0.4, -0.2) is 19.3 Å². The molecule has 1 aromatic carbocycles. The molecule has 0 radical (unpaired) electrons. The number of hydrogen-bond donors (Lipinski definition) is 1. The number of primary amides is 1. The van der Waals surface area contributed by atoms with Crippen LogP contribution in [0, 0.1) is 3.57 Å². The van der Waals surface area contributed by atoms with E-state index in [2.05, 4.69) is 27.3 Å². The Kier molecular flexibility index (Phi) is 5.23. The Labute approximate surface area is 102 Å². The Hall–Kier alpha value is -0.980. The highest BCUT2D eigenvalue weighted by atomic mass is 127. The molecule has 0 saturated heterocycles. The monoisotopic (exact) mass is 321 g/mol. The van der Waals surface area contributed by atoms with E-state index in [0.29, 0.717) is 19.6 Å². The summed E-state index contributed by atoms with van der Waals surface area (Å²) in [6.45, 7) is 0.799. The Morgan fingerprint density at radius 1 is 1.27 bits per heavy atom. The van der Waals surface area contributed by atoms with Gasteiger partial charge in [0.2, 0.25) is 0 Å². The zero-order valence-electron chi connectivity index (χ0n) is 8.11. The van der Waals surface area contributed by atoms with Crippen molar-refractivity contribution in [3.05, 3.63) is 27.8 Å². The third-order valence-corrected chi connectivity index (χ3v) is 2.33. The van der Waals surface area contributed by atoms with Crippen molar-refractivity contribution in [1.29, 1.82) is 0 Å². The zero-order chi connectivity index (χ0) is 11.1. The van der Waals surface area contributed by atoms with Crippen LogP contribution in [0.2, 0.25) is 0 Å². The Morgan fingerprint density at radius 2 is 1.93 bits per heavy atom. The number of carbonyl (C=O) groups excluding carboxylic acids is 1. The van der Waals surface area contributed by atoms with Gasteiger partial charge in [0.15, 0.2) is 0 Å². The highest BCUT2D eigenvalue weighted by molar-refractivity contribution is 14.1. The van der Waals surface area contributed by atoms with Gasteiger partial charge in [-0.25, -0.2) is 4.79 Å². The molecule has 1 rings (SSSR count). The van der Waals surface area contributed by atoms with Crippen LogP contribution in [0.25, 0.3) is 0 Å². The van der Waals surface area contributed by atoms with Crippen molar-refractivity contribution >= 4 is 28.7 Å². The van der Waals surface area contributed by atoms with Crippen LogP contribution in [0.5, 0.6) is 5.75 Å². The van der Waals surface area contributed by atoms with Crippen molar-refractivity contribution < 1.29 is 14.3 Å². The van der Waals surface area contributed by atoms with Crippen LogP contribution >= 0.6 is 22.6 Å². The fourth-order valence-electron chi connectivity index (χ4n) is 0.953. The first-order valence-corrected chi connectivity index (χ1v) is 5.57. The minimum absolute atomic E-state index is 0.291. The lowest BCUT2D eigenvalue weighted by Crippen LogP contribution is -2.15. The second-order valence-electron chi connectivity index (χ2n) is 2.82. The number of amides is 1. The van der Waals surface area contributed by atoms with Crippen LogP contribution in [0.1, 0.15) is 6.42 Å². The van der Waals surface area contributed by atoms with E-state index in [1.807, 2.05) is 24.3 Å². The molecule has 2 N–H and O–H groups in total. The molecule has 0 aliphatic heterocycles. The summed E-state index contributed by atoms with van der Waals surface area (Å²) in [6, 6.07) is 7.74. The van der Waals surface area contributed by atoms with Crippen molar-refractivity contribution in [2.45, 2.75) is 6.42 Å². The van der Waals surface area contributed by atoms with E-state index in [-0.39, 0.29) is 0 Å². The van der Waals surface area contributed by atoms with Crippen LogP contribution in [-0.2, 0) is 4.74 Å². The molecule has 0 spiro atoms. The summed E-state index contributed by atoms with van der Waals surface area (Å²) in [5.41, 5.74) is 4.80. The van der Waals surface area contributed by atoms with Gasteiger partial charge in [-0.2, -0.15) is 0 Å². The number of nitrogens with two attached hydrogens (primary N) is 1. The highest BCUT2D eigenvalue weighted by Gasteiger charge is 1.95. The van der Waals surface area contributed by atoms with E-state index in [4.69, 9.17) is 10.5 Å². The van der Waals surface area contributed by atoms with Gasteiger partial charge in [-0.05, 0) is 46.9 Å². The summed E-state index contributed by atoms with van der Waals surface area (Å²) in [5.74, 6) is 0.814. The third kappa shape index (κ3) is 5.46. The molecule has 0 aromatic heterocycles. The van der Waals surface area contributed by atoms with Crippen molar-refractivity contribution in [2.24, 2.45) is 5.73 Å². The smallest absolute Gasteiger partial charge is 0.404 e. The molecule has 0 atom stereocenters. The molecule has 1 aromatic rings. The topological polar surface area (TPSA) is 61.6 Å². The second kappa shape index (κ2) is 6.49. The summed E-state index contributed by atoms with van der Waals surface area (Å²) >= 11 is 2.23. The molecule has 0 unspecified atom stereocenters. The summed E-state index contributed by atoms with van der Waals surface area (Å²) in [4.78, 5) is 10.2. The molecule has 5 heteroatoms. The molecular weight excluding hydrogens is 309 g/mol. The van der Waals surface area contributed by atoms with Crippen LogP contribution < -0.4 is 10.5 Å². The predicted octanol–water partition coefficient (Wildman–Crippen LogP) is 2.16. The molecule has 82 valence electrons. The van der Waals surface area contributed by atoms with Crippen molar-refractivity contribution in [1.82, 2.24) is 0 Å². The summed E-state index contributed by atoms with van der Waals surface area (Å²) < 4.78 is 11.1. The predicted molar refractivity (Wildman–Crippen MR) is 64.8 cm³/mol. The fourth-order valence-corrected chi connectivity index (χ4v) is 1.31. The largest absolute Gasteiger partial charge is 0.493 e. The first-order valence-electron chi connectivity index (χ1n) is 4.49. The van der Waals surface area contributed by atoms with Crippen LogP contribution in [0.4, 0.5) is 4.79 Å². The molecule has 0 aliphatic carbocycles. The summed E-state index contributed by atoms with van der Waals surface area (Å²) in [7, 11) is 0. The summed E-state index contributed by atoms with van der Waals surface area (Å²) in [5, 5.41) is 0.